The Morgan fingerprint density at radius 2 is 1.84 bits per heavy atom. The molecule has 0 amide bonds. The molecule has 25 heavy (non-hydrogen) atoms. The fourth-order valence-corrected chi connectivity index (χ4v) is 2.44. The van der Waals surface area contributed by atoms with Gasteiger partial charge in [-0.3, -0.25) is 9.59 Å². The van der Waals surface area contributed by atoms with Crippen LogP contribution >= 0.6 is 23.2 Å². The summed E-state index contributed by atoms with van der Waals surface area (Å²) < 4.78 is 11.3. The van der Waals surface area contributed by atoms with Gasteiger partial charge in [0.05, 0.1) is 23.7 Å². The van der Waals surface area contributed by atoms with Crippen LogP contribution in [0.1, 0.15) is 23.7 Å². The van der Waals surface area contributed by atoms with Gasteiger partial charge in [0.2, 0.25) is 5.88 Å². The Morgan fingerprint density at radius 1 is 1.16 bits per heavy atom. The number of hydrogen-bond donors (Lipinski definition) is 0. The van der Waals surface area contributed by atoms with E-state index in [1.165, 1.54) is 38.3 Å². The Kier molecular flexibility index (Phi) is 6.17. The van der Waals surface area contributed by atoms with E-state index in [0.29, 0.717) is 0 Å². The maximum absolute atomic E-state index is 12.4. The molecule has 132 valence electrons. The zero-order valence-corrected chi connectivity index (χ0v) is 14.9. The van der Waals surface area contributed by atoms with Crippen molar-refractivity contribution in [2.45, 2.75) is 19.9 Å². The minimum absolute atomic E-state index is 0.0556. The number of carbonyl (C=O) groups excluding carboxylic acids is 2. The van der Waals surface area contributed by atoms with E-state index in [9.17, 15) is 14.4 Å². The number of nitrogens with zero attached hydrogens (tertiary/aromatic N) is 2. The highest BCUT2D eigenvalue weighted by atomic mass is 35.5. The molecule has 1 aromatic carbocycles. The number of carbonyl (C=O) groups is 2. The summed E-state index contributed by atoms with van der Waals surface area (Å²) in [6.45, 7) is 1.49. The summed E-state index contributed by atoms with van der Waals surface area (Å²) in [7, 11) is 1.34. The third-order valence-electron chi connectivity index (χ3n) is 3.18. The van der Waals surface area contributed by atoms with Gasteiger partial charge in [0, 0.05) is 18.6 Å². The maximum atomic E-state index is 12.4. The zero-order valence-electron chi connectivity index (χ0n) is 13.4. The van der Waals surface area contributed by atoms with Crippen LogP contribution in [0.15, 0.2) is 29.1 Å². The maximum Gasteiger partial charge on any atom is 0.350 e. The standard InChI is InChI=1S/C16H14Cl2N2O5/c1-9(21)7-8-20-13(22)6-5-12(19-20)25-16(23)14-10(17)3-4-11(18)15(14)24-2/h3-6H,7-8H2,1-2H3. The van der Waals surface area contributed by atoms with Gasteiger partial charge in [-0.05, 0) is 19.1 Å². The van der Waals surface area contributed by atoms with Gasteiger partial charge in [-0.1, -0.05) is 23.2 Å². The highest BCUT2D eigenvalue weighted by Gasteiger charge is 2.22. The molecule has 0 bridgehead atoms. The molecule has 7 nitrogen and oxygen atoms in total. The fraction of sp³-hybridized carbons (Fsp3) is 0.250. The predicted octanol–water partition coefficient (Wildman–Crippen LogP) is 2.76. The van der Waals surface area contributed by atoms with Crippen molar-refractivity contribution in [3.05, 3.63) is 50.2 Å². The molecule has 0 radical (unpaired) electrons. The molecule has 1 aromatic heterocycles. The molecular formula is C16H14Cl2N2O5. The first-order valence-corrected chi connectivity index (χ1v) is 7.91. The van der Waals surface area contributed by atoms with Crippen LogP contribution in [0.2, 0.25) is 10.0 Å². The first-order chi connectivity index (χ1) is 11.8. The first kappa shape index (κ1) is 19.0. The molecule has 2 rings (SSSR count). The number of Topliss-reactive ketones (excluding diaryl/α,β-unsaturated/α-hetero) is 1. The van der Waals surface area contributed by atoms with Gasteiger partial charge in [0.15, 0.2) is 5.75 Å². The van der Waals surface area contributed by atoms with Crippen LogP contribution in [0.25, 0.3) is 0 Å². The van der Waals surface area contributed by atoms with Crippen LogP contribution in [0.3, 0.4) is 0 Å². The minimum atomic E-state index is -0.839. The molecule has 0 atom stereocenters. The lowest BCUT2D eigenvalue weighted by atomic mass is 10.2. The average Bonchev–Trinajstić information content (AvgIpc) is 2.56. The summed E-state index contributed by atoms with van der Waals surface area (Å²) in [5.74, 6) is -0.976. The highest BCUT2D eigenvalue weighted by Crippen LogP contribution is 2.34. The smallest absolute Gasteiger partial charge is 0.350 e. The summed E-state index contributed by atoms with van der Waals surface area (Å²) in [6, 6.07) is 5.35. The average molecular weight is 385 g/mol. The SMILES string of the molecule is COc1c(Cl)ccc(Cl)c1C(=O)Oc1ccc(=O)n(CCC(C)=O)n1. The van der Waals surface area contributed by atoms with Gasteiger partial charge in [0.25, 0.3) is 5.56 Å². The number of benzene rings is 1. The minimum Gasteiger partial charge on any atom is -0.494 e. The molecule has 0 N–H and O–H groups in total. The molecule has 0 aliphatic carbocycles. The molecule has 0 aliphatic rings. The van der Waals surface area contributed by atoms with Gasteiger partial charge >= 0.3 is 5.97 Å². The third-order valence-corrected chi connectivity index (χ3v) is 3.79. The quantitative estimate of drug-likeness (QED) is 0.711. The molecule has 0 saturated heterocycles. The Morgan fingerprint density at radius 3 is 2.48 bits per heavy atom. The first-order valence-electron chi connectivity index (χ1n) is 7.15. The summed E-state index contributed by atoms with van der Waals surface area (Å²) in [6.07, 6.45) is 0.137. The Balaban J connectivity index is 2.30. The Bertz CT molecular complexity index is 879. The number of aryl methyl sites for hydroxylation is 1. The van der Waals surface area contributed by atoms with Crippen LogP contribution < -0.4 is 15.0 Å². The summed E-state index contributed by atoms with van der Waals surface area (Å²) in [5.41, 5.74) is -0.473. The molecule has 0 aliphatic heterocycles. The molecule has 0 saturated carbocycles. The van der Waals surface area contributed by atoms with Crippen molar-refractivity contribution in [2.24, 2.45) is 0 Å². The van der Waals surface area contributed by atoms with Crippen molar-refractivity contribution in [1.82, 2.24) is 9.78 Å². The summed E-state index contributed by atoms with van der Waals surface area (Å²) >= 11 is 12.0. The Hall–Kier alpha value is -2.38. The number of halogens is 2. The van der Waals surface area contributed by atoms with Crippen molar-refractivity contribution in [1.29, 1.82) is 0 Å². The third kappa shape index (κ3) is 4.58. The monoisotopic (exact) mass is 384 g/mol. The second-order valence-electron chi connectivity index (χ2n) is 5.01. The number of hydrogen-bond acceptors (Lipinski definition) is 6. The van der Waals surface area contributed by atoms with E-state index in [1.54, 1.807) is 0 Å². The molecule has 0 fully saturated rings. The van der Waals surface area contributed by atoms with Crippen LogP contribution in [0, 0.1) is 0 Å². The summed E-state index contributed by atoms with van der Waals surface area (Å²) in [5, 5.41) is 4.20. The van der Waals surface area contributed by atoms with E-state index in [0.717, 1.165) is 4.68 Å². The van der Waals surface area contributed by atoms with Crippen molar-refractivity contribution >= 4 is 35.0 Å². The van der Waals surface area contributed by atoms with Crippen LogP contribution in [-0.2, 0) is 11.3 Å². The lowest BCUT2D eigenvalue weighted by Crippen LogP contribution is -2.24. The Labute approximate surface area is 153 Å². The summed E-state index contributed by atoms with van der Waals surface area (Å²) in [4.78, 5) is 35.2. The normalized spacial score (nSPS) is 10.4. The molecular weight excluding hydrogens is 371 g/mol. The van der Waals surface area contributed by atoms with E-state index in [1.807, 2.05) is 0 Å². The second kappa shape index (κ2) is 8.13. The predicted molar refractivity (Wildman–Crippen MR) is 91.8 cm³/mol. The second-order valence-corrected chi connectivity index (χ2v) is 5.83. The molecule has 0 unspecified atom stereocenters. The van der Waals surface area contributed by atoms with E-state index in [4.69, 9.17) is 32.7 Å². The molecule has 2 aromatic rings. The van der Waals surface area contributed by atoms with E-state index < -0.39 is 11.5 Å². The van der Waals surface area contributed by atoms with Gasteiger partial charge in [-0.15, -0.1) is 5.10 Å². The lowest BCUT2D eigenvalue weighted by molar-refractivity contribution is -0.117. The molecule has 9 heteroatoms. The number of aromatic nitrogens is 2. The van der Waals surface area contributed by atoms with Crippen molar-refractivity contribution in [3.63, 3.8) is 0 Å². The van der Waals surface area contributed by atoms with Gasteiger partial charge in [-0.2, -0.15) is 0 Å². The van der Waals surface area contributed by atoms with E-state index >= 15 is 0 Å². The van der Waals surface area contributed by atoms with Crippen LogP contribution in [0.4, 0.5) is 0 Å². The number of esters is 1. The van der Waals surface area contributed by atoms with Crippen molar-refractivity contribution < 1.29 is 19.1 Å². The number of methoxy groups -OCH3 is 1. The molecule has 1 heterocycles. The molecule has 0 spiro atoms. The van der Waals surface area contributed by atoms with Crippen molar-refractivity contribution in [2.75, 3.05) is 7.11 Å². The number of rotatable bonds is 6. The highest BCUT2D eigenvalue weighted by molar-refractivity contribution is 6.37. The number of ketones is 1. The lowest BCUT2D eigenvalue weighted by Gasteiger charge is -2.11. The largest absolute Gasteiger partial charge is 0.494 e. The number of ether oxygens (including phenoxy) is 2. The van der Waals surface area contributed by atoms with Gasteiger partial charge in [-0.25, -0.2) is 9.48 Å². The van der Waals surface area contributed by atoms with E-state index in [2.05, 4.69) is 5.10 Å². The zero-order chi connectivity index (χ0) is 18.6. The van der Waals surface area contributed by atoms with E-state index in [-0.39, 0.29) is 46.0 Å². The van der Waals surface area contributed by atoms with Crippen LogP contribution in [-0.4, -0.2) is 28.6 Å². The van der Waals surface area contributed by atoms with Crippen molar-refractivity contribution in [3.8, 4) is 11.6 Å². The topological polar surface area (TPSA) is 87.5 Å². The van der Waals surface area contributed by atoms with Gasteiger partial charge in [0.1, 0.15) is 11.3 Å². The fourth-order valence-electron chi connectivity index (χ4n) is 1.98. The van der Waals surface area contributed by atoms with Gasteiger partial charge < -0.3 is 9.47 Å². The van der Waals surface area contributed by atoms with Crippen LogP contribution in [0.5, 0.6) is 11.6 Å².